The van der Waals surface area contributed by atoms with Crippen molar-refractivity contribution < 1.29 is 9.59 Å². The number of hydrogen-bond acceptors (Lipinski definition) is 5. The summed E-state index contributed by atoms with van der Waals surface area (Å²) >= 11 is 1.06. The van der Waals surface area contributed by atoms with E-state index in [1.54, 1.807) is 4.90 Å². The zero-order valence-corrected chi connectivity index (χ0v) is 12.2. The number of nitriles is 1. The Morgan fingerprint density at radius 1 is 1.70 bits per heavy atom. The molecule has 2 rings (SSSR count). The summed E-state index contributed by atoms with van der Waals surface area (Å²) in [5.74, 6) is -0.0110. The average molecular weight is 292 g/mol. The Hall–Kier alpha value is -1.94. The minimum absolute atomic E-state index is 0.108. The van der Waals surface area contributed by atoms with Gasteiger partial charge in [0.2, 0.25) is 5.91 Å². The zero-order chi connectivity index (χ0) is 14.7. The maximum absolute atomic E-state index is 12.5. The lowest BCUT2D eigenvalue weighted by Crippen LogP contribution is -2.57. The first-order valence-corrected chi connectivity index (χ1v) is 7.29. The van der Waals surface area contributed by atoms with Crippen LogP contribution in [0.25, 0.3) is 0 Å². The Kier molecular flexibility index (Phi) is 4.35. The highest BCUT2D eigenvalue weighted by atomic mass is 32.1. The van der Waals surface area contributed by atoms with E-state index in [9.17, 15) is 9.59 Å². The van der Waals surface area contributed by atoms with E-state index in [1.807, 2.05) is 19.9 Å². The maximum Gasteiger partial charge on any atom is 0.266 e. The molecule has 6 nitrogen and oxygen atoms in total. The summed E-state index contributed by atoms with van der Waals surface area (Å²) in [6.45, 7) is 4.99. The number of thiazole rings is 1. The molecule has 0 spiro atoms. The predicted molar refractivity (Wildman–Crippen MR) is 74.1 cm³/mol. The van der Waals surface area contributed by atoms with Crippen LogP contribution in [0.4, 0.5) is 0 Å². The lowest BCUT2D eigenvalue weighted by Gasteiger charge is -2.35. The van der Waals surface area contributed by atoms with Crippen LogP contribution in [0, 0.1) is 17.2 Å². The van der Waals surface area contributed by atoms with Gasteiger partial charge in [0, 0.05) is 13.1 Å². The molecule has 1 aliphatic rings. The van der Waals surface area contributed by atoms with Crippen molar-refractivity contribution in [2.24, 2.45) is 5.92 Å². The molecule has 1 aliphatic heterocycles. The van der Waals surface area contributed by atoms with Crippen LogP contribution in [0.5, 0.6) is 0 Å². The lowest BCUT2D eigenvalue weighted by atomic mass is 10.00. The van der Waals surface area contributed by atoms with Crippen LogP contribution in [0.2, 0.25) is 0 Å². The molecule has 0 radical (unpaired) electrons. The van der Waals surface area contributed by atoms with Crippen molar-refractivity contribution >= 4 is 23.2 Å². The summed E-state index contributed by atoms with van der Waals surface area (Å²) in [6, 6.07) is 1.47. The average Bonchev–Trinajstić information content (AvgIpc) is 2.88. The maximum atomic E-state index is 12.5. The van der Waals surface area contributed by atoms with Crippen LogP contribution in [0.15, 0.2) is 6.20 Å². The number of rotatable bonds is 3. The fraction of sp³-hybridized carbons (Fsp3) is 0.538. The number of nitrogens with one attached hydrogen (secondary N) is 1. The third-order valence-corrected chi connectivity index (χ3v) is 3.99. The Labute approximate surface area is 121 Å². The highest BCUT2D eigenvalue weighted by molar-refractivity contribution is 7.14. The van der Waals surface area contributed by atoms with E-state index in [0.717, 1.165) is 11.3 Å². The normalized spacial score (nSPS) is 18.8. The minimum Gasteiger partial charge on any atom is -0.353 e. The number of carbonyl (C=O) groups excluding carboxylic acids is 2. The molecule has 1 fully saturated rings. The quantitative estimate of drug-likeness (QED) is 0.900. The second-order valence-electron chi connectivity index (χ2n) is 5.08. The molecule has 106 valence electrons. The Balaban J connectivity index is 2.21. The highest BCUT2D eigenvalue weighted by Gasteiger charge is 2.34. The van der Waals surface area contributed by atoms with Gasteiger partial charge in [0.25, 0.3) is 5.91 Å². The van der Waals surface area contributed by atoms with Gasteiger partial charge in [-0.3, -0.25) is 9.59 Å². The topological polar surface area (TPSA) is 86.1 Å². The molecular formula is C13H16N4O2S. The number of hydrogen-bond donors (Lipinski definition) is 1. The van der Waals surface area contributed by atoms with Gasteiger partial charge in [-0.05, 0) is 12.3 Å². The summed E-state index contributed by atoms with van der Waals surface area (Å²) in [7, 11) is 0. The third-order valence-electron chi connectivity index (χ3n) is 3.10. The molecule has 1 atom stereocenters. The first kappa shape index (κ1) is 14.5. The molecular weight excluding hydrogens is 276 g/mol. The molecule has 2 amide bonds. The van der Waals surface area contributed by atoms with E-state index in [0.29, 0.717) is 30.3 Å². The summed E-state index contributed by atoms with van der Waals surface area (Å²) in [5.41, 5.74) is 0. The Bertz CT molecular complexity index is 561. The van der Waals surface area contributed by atoms with Crippen molar-refractivity contribution in [3.63, 3.8) is 0 Å². The van der Waals surface area contributed by atoms with Crippen molar-refractivity contribution in [1.82, 2.24) is 15.2 Å². The van der Waals surface area contributed by atoms with Crippen molar-refractivity contribution in [3.8, 4) is 6.07 Å². The van der Waals surface area contributed by atoms with Crippen LogP contribution >= 0.6 is 11.3 Å². The summed E-state index contributed by atoms with van der Waals surface area (Å²) in [6.07, 6.45) is 2.03. The molecule has 1 N–H and O–H groups in total. The summed E-state index contributed by atoms with van der Waals surface area (Å²) in [5, 5.41) is 11.8. The third kappa shape index (κ3) is 2.96. The van der Waals surface area contributed by atoms with E-state index in [2.05, 4.69) is 10.3 Å². The molecule has 2 heterocycles. The van der Waals surface area contributed by atoms with Gasteiger partial charge in [-0.2, -0.15) is 5.26 Å². The van der Waals surface area contributed by atoms with E-state index in [-0.39, 0.29) is 16.8 Å². The van der Waals surface area contributed by atoms with Crippen LogP contribution in [-0.2, 0) is 4.79 Å². The fourth-order valence-corrected chi connectivity index (χ4v) is 2.87. The summed E-state index contributed by atoms with van der Waals surface area (Å²) in [4.78, 5) is 30.3. The van der Waals surface area contributed by atoms with Crippen LogP contribution in [0.1, 0.15) is 34.9 Å². The van der Waals surface area contributed by atoms with Crippen molar-refractivity contribution in [3.05, 3.63) is 16.1 Å². The highest BCUT2D eigenvalue weighted by Crippen LogP contribution is 2.20. The monoisotopic (exact) mass is 292 g/mol. The number of amides is 2. The van der Waals surface area contributed by atoms with Gasteiger partial charge in [-0.1, -0.05) is 25.2 Å². The zero-order valence-electron chi connectivity index (χ0n) is 11.4. The van der Waals surface area contributed by atoms with Gasteiger partial charge in [0.1, 0.15) is 17.0 Å². The van der Waals surface area contributed by atoms with Crippen molar-refractivity contribution in [1.29, 1.82) is 5.26 Å². The smallest absolute Gasteiger partial charge is 0.266 e. The van der Waals surface area contributed by atoms with Gasteiger partial charge >= 0.3 is 0 Å². The van der Waals surface area contributed by atoms with E-state index < -0.39 is 6.04 Å². The Morgan fingerprint density at radius 2 is 2.45 bits per heavy atom. The van der Waals surface area contributed by atoms with Gasteiger partial charge in [0.15, 0.2) is 5.01 Å². The van der Waals surface area contributed by atoms with E-state index in [1.165, 1.54) is 6.20 Å². The summed E-state index contributed by atoms with van der Waals surface area (Å²) < 4.78 is 0. The first-order chi connectivity index (χ1) is 9.52. The SMILES string of the molecule is CC(C)CC1C(=O)NCCN1C(=O)c1cnc(C#N)s1. The molecule has 1 aromatic heterocycles. The van der Waals surface area contributed by atoms with E-state index in [4.69, 9.17) is 5.26 Å². The van der Waals surface area contributed by atoms with E-state index >= 15 is 0 Å². The van der Waals surface area contributed by atoms with Gasteiger partial charge in [0.05, 0.1) is 6.20 Å². The van der Waals surface area contributed by atoms with Crippen molar-refractivity contribution in [2.75, 3.05) is 13.1 Å². The fourth-order valence-electron chi connectivity index (χ4n) is 2.20. The molecule has 0 aromatic carbocycles. The van der Waals surface area contributed by atoms with Gasteiger partial charge in [-0.25, -0.2) is 4.98 Å². The van der Waals surface area contributed by atoms with Gasteiger partial charge in [-0.15, -0.1) is 0 Å². The molecule has 0 bridgehead atoms. The lowest BCUT2D eigenvalue weighted by molar-refractivity contribution is -0.128. The minimum atomic E-state index is -0.441. The molecule has 1 saturated heterocycles. The Morgan fingerprint density at radius 3 is 3.05 bits per heavy atom. The van der Waals surface area contributed by atoms with Crippen LogP contribution in [0.3, 0.4) is 0 Å². The van der Waals surface area contributed by atoms with Crippen LogP contribution in [-0.4, -0.2) is 40.8 Å². The number of aromatic nitrogens is 1. The second kappa shape index (κ2) is 6.01. The molecule has 7 heteroatoms. The largest absolute Gasteiger partial charge is 0.353 e. The molecule has 20 heavy (non-hydrogen) atoms. The number of carbonyl (C=O) groups is 2. The molecule has 1 aromatic rings. The first-order valence-electron chi connectivity index (χ1n) is 6.47. The number of nitrogens with zero attached hydrogens (tertiary/aromatic N) is 3. The molecule has 1 unspecified atom stereocenters. The predicted octanol–water partition coefficient (Wildman–Crippen LogP) is 1.00. The molecule has 0 aliphatic carbocycles. The molecule has 0 saturated carbocycles. The second-order valence-corrected chi connectivity index (χ2v) is 6.11. The van der Waals surface area contributed by atoms with Crippen molar-refractivity contribution in [2.45, 2.75) is 26.3 Å². The van der Waals surface area contributed by atoms with Gasteiger partial charge < -0.3 is 10.2 Å². The standard InChI is InChI=1S/C13H16N4O2S/c1-8(2)5-9-12(18)15-3-4-17(9)13(19)10-7-16-11(6-14)20-10/h7-9H,3-5H2,1-2H3,(H,15,18). The number of piperazine rings is 1. The van der Waals surface area contributed by atoms with Crippen LogP contribution < -0.4 is 5.32 Å².